The molecule has 0 aliphatic heterocycles. The topological polar surface area (TPSA) is 9.23 Å². The molecule has 1 nitrogen and oxygen atoms in total. The minimum atomic E-state index is 0.156. The van der Waals surface area contributed by atoms with Gasteiger partial charge in [-0.05, 0) is 25.7 Å². The van der Waals surface area contributed by atoms with Gasteiger partial charge in [0.25, 0.3) is 0 Å². The molecule has 13 heavy (non-hydrogen) atoms. The molecule has 1 fully saturated rings. The summed E-state index contributed by atoms with van der Waals surface area (Å²) in [5, 5.41) is 0.997. The van der Waals surface area contributed by atoms with Gasteiger partial charge in [0, 0.05) is 5.33 Å². The van der Waals surface area contributed by atoms with Crippen LogP contribution < -0.4 is 0 Å². The van der Waals surface area contributed by atoms with Crippen LogP contribution in [0.3, 0.4) is 0 Å². The van der Waals surface area contributed by atoms with Gasteiger partial charge in [0.05, 0.1) is 11.7 Å². The van der Waals surface area contributed by atoms with Crippen molar-refractivity contribution in [2.75, 3.05) is 5.33 Å². The minimum absolute atomic E-state index is 0.156. The van der Waals surface area contributed by atoms with Crippen LogP contribution in [0, 0.1) is 5.92 Å². The molecule has 0 heterocycles. The van der Waals surface area contributed by atoms with Crippen molar-refractivity contribution < 1.29 is 4.74 Å². The van der Waals surface area contributed by atoms with Gasteiger partial charge in [-0.2, -0.15) is 0 Å². The summed E-state index contributed by atoms with van der Waals surface area (Å²) in [6, 6.07) is 0. The van der Waals surface area contributed by atoms with Crippen molar-refractivity contribution in [1.29, 1.82) is 0 Å². The van der Waals surface area contributed by atoms with Gasteiger partial charge in [0.2, 0.25) is 0 Å². The molecule has 1 aliphatic rings. The van der Waals surface area contributed by atoms with Crippen LogP contribution in [0.15, 0.2) is 0 Å². The fourth-order valence-electron chi connectivity index (χ4n) is 1.83. The average Bonchev–Trinajstić information content (AvgIpc) is 2.54. The lowest BCUT2D eigenvalue weighted by Gasteiger charge is -2.32. The largest absolute Gasteiger partial charge is 0.371 e. The van der Waals surface area contributed by atoms with Gasteiger partial charge in [-0.1, -0.05) is 42.6 Å². The van der Waals surface area contributed by atoms with Crippen molar-refractivity contribution in [3.8, 4) is 0 Å². The van der Waals surface area contributed by atoms with E-state index in [1.165, 1.54) is 25.7 Å². The molecular formula is C11H21BrO. The Balaban J connectivity index is 2.48. The summed E-state index contributed by atoms with van der Waals surface area (Å²) < 4.78 is 6.16. The summed E-state index contributed by atoms with van der Waals surface area (Å²) in [7, 11) is 0. The predicted octanol–water partition coefficient (Wildman–Crippen LogP) is 3.76. The molecule has 1 atom stereocenters. The number of alkyl halides is 1. The van der Waals surface area contributed by atoms with Crippen LogP contribution >= 0.6 is 15.9 Å². The molecule has 0 aromatic rings. The molecule has 0 N–H and O–H groups in total. The van der Waals surface area contributed by atoms with E-state index in [1.54, 1.807) is 0 Å². The Morgan fingerprint density at radius 1 is 1.23 bits per heavy atom. The number of ether oxygens (including phenoxy) is 1. The second-order valence-electron chi connectivity index (χ2n) is 4.59. The van der Waals surface area contributed by atoms with Crippen molar-refractivity contribution >= 4 is 15.9 Å². The van der Waals surface area contributed by atoms with Crippen molar-refractivity contribution in [2.45, 2.75) is 58.2 Å². The summed E-state index contributed by atoms with van der Waals surface area (Å²) in [5.74, 6) is 0.622. The molecule has 1 saturated carbocycles. The predicted molar refractivity (Wildman–Crippen MR) is 60.4 cm³/mol. The van der Waals surface area contributed by atoms with E-state index in [0.29, 0.717) is 12.0 Å². The maximum atomic E-state index is 6.16. The van der Waals surface area contributed by atoms with Crippen LogP contribution in [0.1, 0.15) is 46.5 Å². The van der Waals surface area contributed by atoms with Crippen LogP contribution in [0.25, 0.3) is 0 Å². The second kappa shape index (κ2) is 4.79. The summed E-state index contributed by atoms with van der Waals surface area (Å²) in [5.41, 5.74) is 0.156. The maximum absolute atomic E-state index is 6.16. The zero-order valence-corrected chi connectivity index (χ0v) is 10.6. The first kappa shape index (κ1) is 11.5. The first-order valence-electron chi connectivity index (χ1n) is 5.33. The van der Waals surface area contributed by atoms with Crippen molar-refractivity contribution in [3.05, 3.63) is 0 Å². The third-order valence-corrected chi connectivity index (χ3v) is 4.15. The minimum Gasteiger partial charge on any atom is -0.371 e. The molecule has 0 aromatic carbocycles. The highest BCUT2D eigenvalue weighted by Gasteiger charge is 2.35. The molecule has 1 rings (SSSR count). The van der Waals surface area contributed by atoms with Crippen LogP contribution in [-0.4, -0.2) is 17.0 Å². The second-order valence-corrected chi connectivity index (χ2v) is 5.15. The van der Waals surface area contributed by atoms with E-state index in [2.05, 4.69) is 36.7 Å². The van der Waals surface area contributed by atoms with Crippen molar-refractivity contribution in [1.82, 2.24) is 0 Å². The van der Waals surface area contributed by atoms with E-state index >= 15 is 0 Å². The van der Waals surface area contributed by atoms with Crippen LogP contribution in [0.5, 0.6) is 0 Å². The molecule has 0 saturated heterocycles. The van der Waals surface area contributed by atoms with Gasteiger partial charge < -0.3 is 4.74 Å². The number of hydrogen-bond donors (Lipinski definition) is 0. The monoisotopic (exact) mass is 248 g/mol. The summed E-state index contributed by atoms with van der Waals surface area (Å²) >= 11 is 3.59. The Kier molecular flexibility index (Phi) is 4.24. The molecule has 0 spiro atoms. The van der Waals surface area contributed by atoms with Gasteiger partial charge in [-0.25, -0.2) is 0 Å². The molecule has 1 aliphatic carbocycles. The molecule has 0 bridgehead atoms. The van der Waals surface area contributed by atoms with E-state index in [1.807, 2.05) is 0 Å². The lowest BCUT2D eigenvalue weighted by Crippen LogP contribution is -2.36. The molecule has 1 unspecified atom stereocenters. The van der Waals surface area contributed by atoms with Gasteiger partial charge in [0.1, 0.15) is 0 Å². The maximum Gasteiger partial charge on any atom is 0.0782 e. The van der Waals surface area contributed by atoms with E-state index < -0.39 is 0 Å². The third-order valence-electron chi connectivity index (χ3n) is 3.13. The molecule has 78 valence electrons. The number of rotatable bonds is 4. The Hall–Kier alpha value is 0.440. The Bertz CT molecular complexity index is 150. The Morgan fingerprint density at radius 2 is 1.77 bits per heavy atom. The molecule has 0 radical (unpaired) electrons. The quantitative estimate of drug-likeness (QED) is 0.689. The highest BCUT2D eigenvalue weighted by atomic mass is 79.9. The van der Waals surface area contributed by atoms with Crippen molar-refractivity contribution in [3.63, 3.8) is 0 Å². The fourth-order valence-corrected chi connectivity index (χ4v) is 2.53. The summed E-state index contributed by atoms with van der Waals surface area (Å²) in [4.78, 5) is 0. The lowest BCUT2D eigenvalue weighted by molar-refractivity contribution is -0.0839. The molecular weight excluding hydrogens is 228 g/mol. The SMILES string of the molecule is CC(C)C(C)OC1(CBr)CCCC1. The van der Waals surface area contributed by atoms with Crippen molar-refractivity contribution in [2.24, 2.45) is 5.92 Å². The zero-order chi connectivity index (χ0) is 9.90. The van der Waals surface area contributed by atoms with Crippen LogP contribution in [0.2, 0.25) is 0 Å². The normalized spacial score (nSPS) is 23.8. The first-order valence-corrected chi connectivity index (χ1v) is 6.45. The fraction of sp³-hybridized carbons (Fsp3) is 1.00. The van der Waals surface area contributed by atoms with Crippen LogP contribution in [-0.2, 0) is 4.74 Å². The smallest absolute Gasteiger partial charge is 0.0782 e. The number of halogens is 1. The van der Waals surface area contributed by atoms with Gasteiger partial charge in [0.15, 0.2) is 0 Å². The summed E-state index contributed by atoms with van der Waals surface area (Å²) in [6.07, 6.45) is 5.51. The van der Waals surface area contributed by atoms with E-state index in [-0.39, 0.29) is 5.60 Å². The Morgan fingerprint density at radius 3 is 2.15 bits per heavy atom. The molecule has 0 aromatic heterocycles. The van der Waals surface area contributed by atoms with Gasteiger partial charge in [-0.3, -0.25) is 0 Å². The first-order chi connectivity index (χ1) is 6.09. The Labute approximate surface area is 90.4 Å². The van der Waals surface area contributed by atoms with Gasteiger partial charge in [-0.15, -0.1) is 0 Å². The average molecular weight is 249 g/mol. The number of hydrogen-bond acceptors (Lipinski definition) is 1. The molecule has 2 heteroatoms. The highest BCUT2D eigenvalue weighted by Crippen LogP contribution is 2.36. The van der Waals surface area contributed by atoms with E-state index in [4.69, 9.17) is 4.74 Å². The van der Waals surface area contributed by atoms with Crippen LogP contribution in [0.4, 0.5) is 0 Å². The highest BCUT2D eigenvalue weighted by molar-refractivity contribution is 9.09. The van der Waals surface area contributed by atoms with E-state index in [9.17, 15) is 0 Å². The standard InChI is InChI=1S/C11H21BrO/c1-9(2)10(3)13-11(8-12)6-4-5-7-11/h9-10H,4-8H2,1-3H3. The third kappa shape index (κ3) is 2.95. The lowest BCUT2D eigenvalue weighted by atomic mass is 10.0. The summed E-state index contributed by atoms with van der Waals surface area (Å²) in [6.45, 7) is 6.64. The van der Waals surface area contributed by atoms with Gasteiger partial charge >= 0.3 is 0 Å². The van der Waals surface area contributed by atoms with E-state index in [0.717, 1.165) is 5.33 Å². The molecule has 0 amide bonds. The zero-order valence-electron chi connectivity index (χ0n) is 8.98.